The van der Waals surface area contributed by atoms with E-state index in [4.69, 9.17) is 11.6 Å². The molecule has 13 heavy (non-hydrogen) atoms. The molecule has 4 nitrogen and oxygen atoms in total. The molecule has 0 aromatic rings. The van der Waals surface area contributed by atoms with Gasteiger partial charge < -0.3 is 4.90 Å². The molecule has 0 saturated carbocycles. The highest BCUT2D eigenvalue weighted by molar-refractivity contribution is 7.91. The van der Waals surface area contributed by atoms with Gasteiger partial charge in [0.1, 0.15) is 9.84 Å². The molecule has 1 saturated heterocycles. The predicted octanol–water partition coefficient (Wildman–Crippen LogP) is 0.854. The van der Waals surface area contributed by atoms with E-state index in [0.29, 0.717) is 25.9 Å². The van der Waals surface area contributed by atoms with Gasteiger partial charge in [-0.3, -0.25) is 4.79 Å². The molecular weight excluding hydrogens is 214 g/mol. The zero-order chi connectivity index (χ0) is 10.1. The van der Waals surface area contributed by atoms with Crippen molar-refractivity contribution in [1.82, 2.24) is 4.90 Å². The number of hydrogen-bond acceptors (Lipinski definition) is 3. The molecule has 1 amide bonds. The molecule has 1 aliphatic heterocycles. The maximum Gasteiger partial charge on any atom is 0.316 e. The third-order valence-corrected chi connectivity index (χ3v) is 4.22. The molecule has 0 atom stereocenters. The van der Waals surface area contributed by atoms with Gasteiger partial charge in [0, 0.05) is 19.3 Å². The lowest BCUT2D eigenvalue weighted by atomic mass is 10.1. The minimum Gasteiger partial charge on any atom is -0.329 e. The monoisotopic (exact) mass is 225 g/mol. The summed E-state index contributed by atoms with van der Waals surface area (Å²) >= 11 is 5.26. The number of rotatable bonds is 1. The number of halogens is 1. The Labute approximate surface area is 82.8 Å². The van der Waals surface area contributed by atoms with Gasteiger partial charge in [0.05, 0.1) is 5.25 Å². The fourth-order valence-electron chi connectivity index (χ4n) is 1.46. The van der Waals surface area contributed by atoms with Gasteiger partial charge in [-0.1, -0.05) is 0 Å². The van der Waals surface area contributed by atoms with E-state index < -0.39 is 15.2 Å². The number of likely N-dealkylation sites (tertiary alicyclic amines) is 1. The van der Waals surface area contributed by atoms with Gasteiger partial charge in [-0.25, -0.2) is 8.42 Å². The Bertz CT molecular complexity index is 293. The van der Waals surface area contributed by atoms with Crippen molar-refractivity contribution in [2.45, 2.75) is 18.1 Å². The lowest BCUT2D eigenvalue weighted by Crippen LogP contribution is -2.40. The number of sulfone groups is 1. The van der Waals surface area contributed by atoms with E-state index in [9.17, 15) is 13.2 Å². The molecule has 76 valence electrons. The SMILES string of the molecule is CS(=O)(=O)C1CCN(C(=O)Cl)CC1. The highest BCUT2D eigenvalue weighted by atomic mass is 35.5. The molecule has 6 heteroatoms. The average Bonchev–Trinajstić information content (AvgIpc) is 2.03. The van der Waals surface area contributed by atoms with Crippen molar-refractivity contribution in [2.75, 3.05) is 19.3 Å². The van der Waals surface area contributed by atoms with E-state index in [0.717, 1.165) is 0 Å². The first-order valence-corrected chi connectivity index (χ1v) is 6.38. The first kappa shape index (κ1) is 10.8. The number of piperidine rings is 1. The van der Waals surface area contributed by atoms with Gasteiger partial charge in [0.2, 0.25) is 0 Å². The first-order valence-electron chi connectivity index (χ1n) is 4.04. The van der Waals surface area contributed by atoms with Crippen LogP contribution >= 0.6 is 11.6 Å². The molecule has 1 rings (SSSR count). The van der Waals surface area contributed by atoms with Crippen molar-refractivity contribution in [3.05, 3.63) is 0 Å². The van der Waals surface area contributed by atoms with Crippen LogP contribution in [0.3, 0.4) is 0 Å². The number of hydrogen-bond donors (Lipinski definition) is 0. The molecule has 0 aliphatic carbocycles. The van der Waals surface area contributed by atoms with Crippen LogP contribution in [0.25, 0.3) is 0 Å². The van der Waals surface area contributed by atoms with Crippen molar-refractivity contribution in [2.24, 2.45) is 0 Å². The summed E-state index contributed by atoms with van der Waals surface area (Å²) in [6.07, 6.45) is 2.23. The number of carbonyl (C=O) groups excluding carboxylic acids is 1. The largest absolute Gasteiger partial charge is 0.329 e. The second-order valence-electron chi connectivity index (χ2n) is 3.27. The minimum atomic E-state index is -2.96. The van der Waals surface area contributed by atoms with Gasteiger partial charge in [0.15, 0.2) is 0 Å². The topological polar surface area (TPSA) is 54.5 Å². The third-order valence-electron chi connectivity index (χ3n) is 2.30. The quantitative estimate of drug-likeness (QED) is 0.491. The summed E-state index contributed by atoms with van der Waals surface area (Å²) in [4.78, 5) is 12.2. The fourth-order valence-corrected chi connectivity index (χ4v) is 2.70. The van der Waals surface area contributed by atoms with Gasteiger partial charge in [-0.15, -0.1) is 0 Å². The Morgan fingerprint density at radius 2 is 1.85 bits per heavy atom. The van der Waals surface area contributed by atoms with E-state index in [2.05, 4.69) is 0 Å². The van der Waals surface area contributed by atoms with Gasteiger partial charge >= 0.3 is 5.37 Å². The zero-order valence-electron chi connectivity index (χ0n) is 7.36. The standard InChI is InChI=1S/C7H12ClNO3S/c1-13(11,12)6-2-4-9(5-3-6)7(8)10/h6H,2-5H2,1H3. The average molecular weight is 226 g/mol. The summed E-state index contributed by atoms with van der Waals surface area (Å²) in [6.45, 7) is 0.889. The molecule has 1 fully saturated rings. The minimum absolute atomic E-state index is 0.306. The summed E-state index contributed by atoms with van der Waals surface area (Å²) in [7, 11) is -2.96. The highest BCUT2D eigenvalue weighted by Gasteiger charge is 2.27. The second-order valence-corrected chi connectivity index (χ2v) is 5.92. The Hall–Kier alpha value is -0.290. The Kier molecular flexibility index (Phi) is 3.18. The molecule has 0 bridgehead atoms. The highest BCUT2D eigenvalue weighted by Crippen LogP contribution is 2.17. The van der Waals surface area contributed by atoms with Crippen LogP contribution in [-0.4, -0.2) is 43.3 Å². The molecule has 0 spiro atoms. The normalized spacial score (nSPS) is 20.3. The van der Waals surface area contributed by atoms with Crippen molar-refractivity contribution < 1.29 is 13.2 Å². The molecule has 0 aromatic heterocycles. The van der Waals surface area contributed by atoms with Crippen LogP contribution in [0.15, 0.2) is 0 Å². The van der Waals surface area contributed by atoms with Gasteiger partial charge in [-0.05, 0) is 24.4 Å². The molecule has 0 N–H and O–H groups in total. The molecule has 1 aliphatic rings. The Balaban J connectivity index is 2.53. The van der Waals surface area contributed by atoms with Crippen LogP contribution in [0.1, 0.15) is 12.8 Å². The van der Waals surface area contributed by atoms with E-state index in [-0.39, 0.29) is 5.25 Å². The fraction of sp³-hybridized carbons (Fsp3) is 0.857. The van der Waals surface area contributed by atoms with Crippen LogP contribution in [0.4, 0.5) is 4.79 Å². The van der Waals surface area contributed by atoms with E-state index in [1.165, 1.54) is 11.2 Å². The predicted molar refractivity (Wildman–Crippen MR) is 50.7 cm³/mol. The smallest absolute Gasteiger partial charge is 0.316 e. The molecule has 0 radical (unpaired) electrons. The van der Waals surface area contributed by atoms with Crippen LogP contribution in [0.2, 0.25) is 0 Å². The third kappa shape index (κ3) is 2.84. The summed E-state index contributed by atoms with van der Waals surface area (Å²) in [5.74, 6) is 0. The van der Waals surface area contributed by atoms with E-state index in [1.54, 1.807) is 0 Å². The van der Waals surface area contributed by atoms with Crippen molar-refractivity contribution in [3.63, 3.8) is 0 Å². The van der Waals surface area contributed by atoms with Crippen molar-refractivity contribution in [1.29, 1.82) is 0 Å². The molecule has 0 aromatic carbocycles. The second kappa shape index (κ2) is 3.84. The maximum absolute atomic E-state index is 11.1. The number of nitrogens with zero attached hydrogens (tertiary/aromatic N) is 1. The van der Waals surface area contributed by atoms with Crippen LogP contribution in [0, 0.1) is 0 Å². The Morgan fingerprint density at radius 1 is 1.38 bits per heavy atom. The first-order chi connectivity index (χ1) is 5.91. The van der Waals surface area contributed by atoms with Gasteiger partial charge in [0.25, 0.3) is 0 Å². The molecule has 1 heterocycles. The van der Waals surface area contributed by atoms with Crippen LogP contribution in [0.5, 0.6) is 0 Å². The number of carbonyl (C=O) groups is 1. The molecule has 0 unspecified atom stereocenters. The van der Waals surface area contributed by atoms with Crippen LogP contribution < -0.4 is 0 Å². The van der Waals surface area contributed by atoms with Gasteiger partial charge in [-0.2, -0.15) is 0 Å². The van der Waals surface area contributed by atoms with E-state index in [1.807, 2.05) is 0 Å². The summed E-state index contributed by atoms with van der Waals surface area (Å²) in [5, 5.41) is -0.799. The maximum atomic E-state index is 11.1. The van der Waals surface area contributed by atoms with Crippen molar-refractivity contribution in [3.8, 4) is 0 Å². The van der Waals surface area contributed by atoms with Crippen LogP contribution in [-0.2, 0) is 9.84 Å². The molecular formula is C7H12ClNO3S. The summed E-state index contributed by atoms with van der Waals surface area (Å²) < 4.78 is 22.3. The lowest BCUT2D eigenvalue weighted by Gasteiger charge is -2.29. The number of amides is 1. The summed E-state index contributed by atoms with van der Waals surface area (Å²) in [5.41, 5.74) is 0. The zero-order valence-corrected chi connectivity index (χ0v) is 8.94. The summed E-state index contributed by atoms with van der Waals surface area (Å²) in [6, 6.07) is 0. The van der Waals surface area contributed by atoms with E-state index >= 15 is 0 Å². The lowest BCUT2D eigenvalue weighted by molar-refractivity contribution is 0.210. The Morgan fingerprint density at radius 3 is 2.15 bits per heavy atom. The van der Waals surface area contributed by atoms with Crippen molar-refractivity contribution >= 4 is 26.8 Å².